The highest BCUT2D eigenvalue weighted by molar-refractivity contribution is 7.90. The summed E-state index contributed by atoms with van der Waals surface area (Å²) >= 11 is 5.78. The van der Waals surface area contributed by atoms with Gasteiger partial charge in [0.1, 0.15) is 0 Å². The van der Waals surface area contributed by atoms with Gasteiger partial charge in [0, 0.05) is 23.4 Å². The van der Waals surface area contributed by atoms with Crippen LogP contribution in [-0.2, 0) is 9.84 Å². The molecular weight excluding hydrogens is 338 g/mol. The number of hydrogen-bond donors (Lipinski definition) is 2. The van der Waals surface area contributed by atoms with E-state index >= 15 is 0 Å². The van der Waals surface area contributed by atoms with Gasteiger partial charge in [0.15, 0.2) is 9.84 Å². The Labute approximate surface area is 139 Å². The summed E-state index contributed by atoms with van der Waals surface area (Å²) in [6.45, 7) is 0.00354. The van der Waals surface area contributed by atoms with Crippen molar-refractivity contribution in [3.63, 3.8) is 0 Å². The van der Waals surface area contributed by atoms with Gasteiger partial charge in [-0.25, -0.2) is 8.42 Å². The third-order valence-electron chi connectivity index (χ3n) is 3.24. The molecule has 0 aromatic heterocycles. The van der Waals surface area contributed by atoms with Crippen LogP contribution in [0.15, 0.2) is 53.4 Å². The molecule has 1 amide bonds. The smallest absolute Gasteiger partial charge is 0.251 e. The second-order valence-corrected chi connectivity index (χ2v) is 7.53. The van der Waals surface area contributed by atoms with E-state index in [1.54, 1.807) is 24.3 Å². The lowest BCUT2D eigenvalue weighted by Crippen LogP contribution is -2.28. The molecule has 23 heavy (non-hydrogen) atoms. The highest BCUT2D eigenvalue weighted by Crippen LogP contribution is 2.16. The topological polar surface area (TPSA) is 83.5 Å². The minimum atomic E-state index is -3.38. The van der Waals surface area contributed by atoms with Crippen molar-refractivity contribution in [2.75, 3.05) is 12.8 Å². The first kappa shape index (κ1) is 17.5. The van der Waals surface area contributed by atoms with E-state index in [0.29, 0.717) is 10.6 Å². The standard InChI is InChI=1S/C16H16ClNO4S/c1-23(21,22)14-4-2-3-12(9-14)16(20)18-10-15(19)11-5-7-13(17)8-6-11/h2-9,15,19H,10H2,1H3,(H,18,20)/t15-/m1/s1. The van der Waals surface area contributed by atoms with E-state index in [0.717, 1.165) is 6.26 Å². The first-order valence-electron chi connectivity index (χ1n) is 6.79. The van der Waals surface area contributed by atoms with Crippen LogP contribution >= 0.6 is 11.6 Å². The number of sulfone groups is 1. The first-order valence-corrected chi connectivity index (χ1v) is 9.06. The molecule has 1 atom stereocenters. The third kappa shape index (κ3) is 4.79. The number of rotatable bonds is 5. The first-order chi connectivity index (χ1) is 10.8. The van der Waals surface area contributed by atoms with Crippen molar-refractivity contribution in [3.05, 3.63) is 64.7 Å². The Morgan fingerprint density at radius 2 is 1.87 bits per heavy atom. The normalized spacial score (nSPS) is 12.7. The lowest BCUT2D eigenvalue weighted by molar-refractivity contribution is 0.0916. The molecule has 0 bridgehead atoms. The summed E-state index contributed by atoms with van der Waals surface area (Å²) in [5.41, 5.74) is 0.843. The van der Waals surface area contributed by atoms with E-state index in [4.69, 9.17) is 11.6 Å². The van der Waals surface area contributed by atoms with Gasteiger partial charge in [-0.05, 0) is 35.9 Å². The zero-order valence-electron chi connectivity index (χ0n) is 12.4. The van der Waals surface area contributed by atoms with Crippen LogP contribution in [0.4, 0.5) is 0 Å². The van der Waals surface area contributed by atoms with Crippen molar-refractivity contribution in [2.45, 2.75) is 11.0 Å². The maximum Gasteiger partial charge on any atom is 0.251 e. The molecule has 2 aromatic rings. The zero-order valence-corrected chi connectivity index (χ0v) is 13.9. The number of hydrogen-bond acceptors (Lipinski definition) is 4. The van der Waals surface area contributed by atoms with E-state index in [9.17, 15) is 18.3 Å². The molecule has 2 aromatic carbocycles. The molecule has 0 saturated heterocycles. The molecule has 0 aliphatic heterocycles. The minimum Gasteiger partial charge on any atom is -0.387 e. The van der Waals surface area contributed by atoms with Gasteiger partial charge >= 0.3 is 0 Å². The molecule has 122 valence electrons. The molecule has 2 rings (SSSR count). The Bertz CT molecular complexity index is 803. The summed E-state index contributed by atoms with van der Waals surface area (Å²) in [7, 11) is -3.38. The Morgan fingerprint density at radius 3 is 2.48 bits per heavy atom. The molecule has 2 N–H and O–H groups in total. The van der Waals surface area contributed by atoms with Crippen molar-refractivity contribution in [3.8, 4) is 0 Å². The summed E-state index contributed by atoms with van der Waals surface area (Å²) in [6.07, 6.45) is 0.197. The zero-order chi connectivity index (χ0) is 17.0. The average Bonchev–Trinajstić information content (AvgIpc) is 2.52. The fourth-order valence-corrected chi connectivity index (χ4v) is 2.75. The Kier molecular flexibility index (Phi) is 5.41. The number of carbonyl (C=O) groups is 1. The van der Waals surface area contributed by atoms with Crippen LogP contribution in [0.1, 0.15) is 22.0 Å². The quantitative estimate of drug-likeness (QED) is 0.863. The molecule has 0 unspecified atom stereocenters. The number of nitrogens with one attached hydrogen (secondary N) is 1. The predicted octanol–water partition coefficient (Wildman–Crippen LogP) is 2.21. The average molecular weight is 354 g/mol. The van der Waals surface area contributed by atoms with Crippen molar-refractivity contribution >= 4 is 27.3 Å². The van der Waals surface area contributed by atoms with E-state index in [1.807, 2.05) is 0 Å². The fourth-order valence-electron chi connectivity index (χ4n) is 1.96. The molecule has 0 heterocycles. The number of benzene rings is 2. The molecular formula is C16H16ClNO4S. The Hall–Kier alpha value is -1.89. The van der Waals surface area contributed by atoms with Crippen LogP contribution in [0.3, 0.4) is 0 Å². The van der Waals surface area contributed by atoms with Crippen LogP contribution in [0.25, 0.3) is 0 Å². The minimum absolute atomic E-state index is 0.00354. The molecule has 0 fully saturated rings. The van der Waals surface area contributed by atoms with Crippen molar-refractivity contribution in [2.24, 2.45) is 0 Å². The van der Waals surface area contributed by atoms with Crippen molar-refractivity contribution < 1.29 is 18.3 Å². The summed E-state index contributed by atoms with van der Waals surface area (Å²) in [5, 5.41) is 13.2. The summed E-state index contributed by atoms with van der Waals surface area (Å²) < 4.78 is 23.0. The van der Waals surface area contributed by atoms with Gasteiger partial charge in [0.2, 0.25) is 0 Å². The molecule has 0 saturated carbocycles. The van der Waals surface area contributed by atoms with Gasteiger partial charge in [-0.1, -0.05) is 29.8 Å². The molecule has 7 heteroatoms. The SMILES string of the molecule is CS(=O)(=O)c1cccc(C(=O)NC[C@@H](O)c2ccc(Cl)cc2)c1. The van der Waals surface area contributed by atoms with Crippen LogP contribution < -0.4 is 5.32 Å². The second kappa shape index (κ2) is 7.12. The second-order valence-electron chi connectivity index (χ2n) is 5.08. The molecule has 5 nitrogen and oxygen atoms in total. The van der Waals surface area contributed by atoms with Crippen LogP contribution in [0.5, 0.6) is 0 Å². The number of aliphatic hydroxyl groups is 1. The molecule has 0 spiro atoms. The van der Waals surface area contributed by atoms with Crippen molar-refractivity contribution in [1.29, 1.82) is 0 Å². The van der Waals surface area contributed by atoms with Crippen LogP contribution in [0, 0.1) is 0 Å². The van der Waals surface area contributed by atoms with Gasteiger partial charge in [-0.2, -0.15) is 0 Å². The van der Waals surface area contributed by atoms with Gasteiger partial charge < -0.3 is 10.4 Å². The summed E-state index contributed by atoms with van der Waals surface area (Å²) in [4.78, 5) is 12.1. The van der Waals surface area contributed by atoms with Gasteiger partial charge in [0.05, 0.1) is 11.0 Å². The maximum atomic E-state index is 12.1. The van der Waals surface area contributed by atoms with Gasteiger partial charge in [-0.15, -0.1) is 0 Å². The van der Waals surface area contributed by atoms with E-state index in [-0.39, 0.29) is 17.0 Å². The number of amides is 1. The summed E-state index contributed by atoms with van der Waals surface area (Å²) in [5.74, 6) is -0.455. The number of aliphatic hydroxyl groups excluding tert-OH is 1. The van der Waals surface area contributed by atoms with E-state index in [2.05, 4.69) is 5.32 Å². The Balaban J connectivity index is 2.03. The van der Waals surface area contributed by atoms with Crippen LogP contribution in [0.2, 0.25) is 5.02 Å². The number of carbonyl (C=O) groups excluding carboxylic acids is 1. The molecule has 0 radical (unpaired) electrons. The van der Waals surface area contributed by atoms with E-state index < -0.39 is 21.8 Å². The lowest BCUT2D eigenvalue weighted by atomic mass is 10.1. The van der Waals surface area contributed by atoms with Crippen LogP contribution in [-0.4, -0.2) is 32.2 Å². The third-order valence-corrected chi connectivity index (χ3v) is 4.60. The lowest BCUT2D eigenvalue weighted by Gasteiger charge is -2.12. The molecule has 0 aliphatic carbocycles. The maximum absolute atomic E-state index is 12.1. The highest BCUT2D eigenvalue weighted by Gasteiger charge is 2.13. The fraction of sp³-hybridized carbons (Fsp3) is 0.188. The van der Waals surface area contributed by atoms with Gasteiger partial charge in [0.25, 0.3) is 5.91 Å². The predicted molar refractivity (Wildman–Crippen MR) is 88.3 cm³/mol. The Morgan fingerprint density at radius 1 is 1.22 bits per heavy atom. The monoisotopic (exact) mass is 353 g/mol. The van der Waals surface area contributed by atoms with Gasteiger partial charge in [-0.3, -0.25) is 4.79 Å². The van der Waals surface area contributed by atoms with E-state index in [1.165, 1.54) is 24.3 Å². The molecule has 0 aliphatic rings. The number of halogens is 1. The highest BCUT2D eigenvalue weighted by atomic mass is 35.5. The van der Waals surface area contributed by atoms with Crippen molar-refractivity contribution in [1.82, 2.24) is 5.32 Å². The largest absolute Gasteiger partial charge is 0.387 e. The summed E-state index contributed by atoms with van der Waals surface area (Å²) in [6, 6.07) is 12.4.